The summed E-state index contributed by atoms with van der Waals surface area (Å²) in [7, 11) is 0. The molecule has 0 radical (unpaired) electrons. The van der Waals surface area contributed by atoms with E-state index in [1.165, 1.54) is 12.8 Å². The van der Waals surface area contributed by atoms with E-state index in [9.17, 15) is 0 Å². The van der Waals surface area contributed by atoms with Gasteiger partial charge >= 0.3 is 0 Å². The average molecular weight is 189 g/mol. The Morgan fingerprint density at radius 3 is 2.33 bits per heavy atom. The summed E-state index contributed by atoms with van der Waals surface area (Å²) < 4.78 is 0. The second-order valence-corrected chi connectivity index (χ2v) is 4.93. The molecule has 0 N–H and O–H groups in total. The lowest BCUT2D eigenvalue weighted by Crippen LogP contribution is -2.20. The average Bonchev–Trinajstić information content (AvgIpc) is 1.96. The predicted octanol–water partition coefficient (Wildman–Crippen LogP) is 4.39. The van der Waals surface area contributed by atoms with Crippen LogP contribution in [-0.2, 0) is 0 Å². The first kappa shape index (κ1) is 12.0. The van der Waals surface area contributed by atoms with Crippen LogP contribution in [0.5, 0.6) is 0 Å². The zero-order valence-corrected chi connectivity index (χ0v) is 9.32. The third kappa shape index (κ3) is 5.65. The van der Waals surface area contributed by atoms with Crippen LogP contribution in [0.25, 0.3) is 0 Å². The highest BCUT2D eigenvalue weighted by molar-refractivity contribution is 6.21. The molecule has 0 saturated heterocycles. The van der Waals surface area contributed by atoms with Crippen molar-refractivity contribution in [3.8, 4) is 0 Å². The van der Waals surface area contributed by atoms with E-state index in [2.05, 4.69) is 27.4 Å². The van der Waals surface area contributed by atoms with Gasteiger partial charge in [-0.15, -0.1) is 18.2 Å². The van der Waals surface area contributed by atoms with Crippen molar-refractivity contribution < 1.29 is 0 Å². The number of hydrogen-bond acceptors (Lipinski definition) is 0. The Hall–Kier alpha value is 0.0300. The zero-order valence-electron chi connectivity index (χ0n) is 8.57. The quantitative estimate of drug-likeness (QED) is 0.341. The first-order valence-electron chi connectivity index (χ1n) is 4.73. The van der Waals surface area contributed by atoms with Crippen LogP contribution in [0, 0.1) is 5.41 Å². The van der Waals surface area contributed by atoms with Gasteiger partial charge in [0.25, 0.3) is 0 Å². The number of rotatable bonds is 5. The SMILES string of the molecule is C=CCCCCC(Cl)C(C)(C)C. The lowest BCUT2D eigenvalue weighted by Gasteiger charge is -2.24. The van der Waals surface area contributed by atoms with Crippen molar-refractivity contribution in [2.24, 2.45) is 5.41 Å². The van der Waals surface area contributed by atoms with Crippen LogP contribution in [0.4, 0.5) is 0 Å². The van der Waals surface area contributed by atoms with Gasteiger partial charge in [0, 0.05) is 5.38 Å². The Kier molecular flexibility index (Phi) is 5.65. The topological polar surface area (TPSA) is 0 Å². The minimum atomic E-state index is 0.246. The smallest absolute Gasteiger partial charge is 0.0384 e. The first-order chi connectivity index (χ1) is 5.48. The third-order valence-corrected chi connectivity index (χ3v) is 2.93. The second-order valence-electron chi connectivity index (χ2n) is 4.41. The molecule has 0 aliphatic rings. The maximum atomic E-state index is 6.21. The molecule has 0 aromatic heterocycles. The normalized spacial score (nSPS) is 14.3. The Labute approximate surface area is 82.0 Å². The van der Waals surface area contributed by atoms with Crippen molar-refractivity contribution in [3.63, 3.8) is 0 Å². The molecule has 0 spiro atoms. The van der Waals surface area contributed by atoms with Crippen molar-refractivity contribution in [2.45, 2.75) is 51.8 Å². The fourth-order valence-electron chi connectivity index (χ4n) is 1.05. The van der Waals surface area contributed by atoms with Crippen molar-refractivity contribution >= 4 is 11.6 Å². The summed E-state index contributed by atoms with van der Waals surface area (Å²) in [5, 5.41) is 0.308. The molecule has 72 valence electrons. The van der Waals surface area contributed by atoms with E-state index in [1.54, 1.807) is 0 Å². The largest absolute Gasteiger partial charge is 0.122 e. The lowest BCUT2D eigenvalue weighted by molar-refractivity contribution is 0.367. The molecule has 0 amide bonds. The highest BCUT2D eigenvalue weighted by Gasteiger charge is 2.20. The Bertz CT molecular complexity index is 121. The Balaban J connectivity index is 3.44. The molecule has 1 unspecified atom stereocenters. The maximum absolute atomic E-state index is 6.21. The number of hydrogen-bond donors (Lipinski definition) is 0. The minimum Gasteiger partial charge on any atom is -0.122 e. The number of allylic oxidation sites excluding steroid dienone is 1. The molecule has 1 atom stereocenters. The van der Waals surface area contributed by atoms with Gasteiger partial charge in [-0.3, -0.25) is 0 Å². The Morgan fingerprint density at radius 1 is 1.33 bits per heavy atom. The van der Waals surface area contributed by atoms with Gasteiger partial charge in [-0.1, -0.05) is 33.3 Å². The van der Waals surface area contributed by atoms with Gasteiger partial charge in [0.1, 0.15) is 0 Å². The van der Waals surface area contributed by atoms with Gasteiger partial charge in [0.2, 0.25) is 0 Å². The summed E-state index contributed by atoms with van der Waals surface area (Å²) in [5.74, 6) is 0. The van der Waals surface area contributed by atoms with Crippen LogP contribution < -0.4 is 0 Å². The van der Waals surface area contributed by atoms with E-state index in [0.29, 0.717) is 5.38 Å². The fraction of sp³-hybridized carbons (Fsp3) is 0.818. The van der Waals surface area contributed by atoms with E-state index in [4.69, 9.17) is 11.6 Å². The van der Waals surface area contributed by atoms with Crippen LogP contribution in [0.1, 0.15) is 46.5 Å². The molecule has 0 saturated carbocycles. The minimum absolute atomic E-state index is 0.246. The molecular weight excluding hydrogens is 168 g/mol. The molecule has 1 heteroatoms. The van der Waals surface area contributed by atoms with Crippen molar-refractivity contribution in [1.82, 2.24) is 0 Å². The van der Waals surface area contributed by atoms with Crippen LogP contribution in [0.3, 0.4) is 0 Å². The van der Waals surface area contributed by atoms with Gasteiger partial charge < -0.3 is 0 Å². The molecule has 0 heterocycles. The first-order valence-corrected chi connectivity index (χ1v) is 5.17. The summed E-state index contributed by atoms with van der Waals surface area (Å²) in [6, 6.07) is 0. The van der Waals surface area contributed by atoms with Gasteiger partial charge in [-0.2, -0.15) is 0 Å². The molecular formula is C11H21Cl. The monoisotopic (exact) mass is 188 g/mol. The number of unbranched alkanes of at least 4 members (excludes halogenated alkanes) is 2. The van der Waals surface area contributed by atoms with Crippen LogP contribution >= 0.6 is 11.6 Å². The second kappa shape index (κ2) is 5.64. The molecule has 0 rings (SSSR count). The standard InChI is InChI=1S/C11H21Cl/c1-5-6-7-8-9-10(12)11(2,3)4/h5,10H,1,6-9H2,2-4H3. The summed E-state index contributed by atoms with van der Waals surface area (Å²) in [5.41, 5.74) is 0.246. The van der Waals surface area contributed by atoms with Gasteiger partial charge in [-0.25, -0.2) is 0 Å². The van der Waals surface area contributed by atoms with Crippen molar-refractivity contribution in [1.29, 1.82) is 0 Å². The van der Waals surface area contributed by atoms with Gasteiger partial charge in [0.05, 0.1) is 0 Å². The van der Waals surface area contributed by atoms with E-state index in [0.717, 1.165) is 12.8 Å². The number of alkyl halides is 1. The van der Waals surface area contributed by atoms with Crippen molar-refractivity contribution in [2.75, 3.05) is 0 Å². The lowest BCUT2D eigenvalue weighted by atomic mass is 9.89. The third-order valence-electron chi connectivity index (χ3n) is 2.06. The van der Waals surface area contributed by atoms with Crippen LogP contribution in [-0.4, -0.2) is 5.38 Å². The molecule has 0 aromatic rings. The summed E-state index contributed by atoms with van der Waals surface area (Å²) >= 11 is 6.21. The predicted molar refractivity (Wildman–Crippen MR) is 57.8 cm³/mol. The van der Waals surface area contributed by atoms with Crippen LogP contribution in [0.15, 0.2) is 12.7 Å². The highest BCUT2D eigenvalue weighted by atomic mass is 35.5. The summed E-state index contributed by atoms with van der Waals surface area (Å²) in [6.07, 6.45) is 6.66. The van der Waals surface area contributed by atoms with E-state index >= 15 is 0 Å². The summed E-state index contributed by atoms with van der Waals surface area (Å²) in [4.78, 5) is 0. The van der Waals surface area contributed by atoms with Gasteiger partial charge in [-0.05, 0) is 24.7 Å². The van der Waals surface area contributed by atoms with Crippen LogP contribution in [0.2, 0.25) is 0 Å². The van der Waals surface area contributed by atoms with Crippen molar-refractivity contribution in [3.05, 3.63) is 12.7 Å². The fourth-order valence-corrected chi connectivity index (χ4v) is 1.20. The van der Waals surface area contributed by atoms with Gasteiger partial charge in [0.15, 0.2) is 0 Å². The molecule has 0 aromatic carbocycles. The molecule has 0 fully saturated rings. The molecule has 12 heavy (non-hydrogen) atoms. The summed E-state index contributed by atoms with van der Waals surface area (Å²) in [6.45, 7) is 10.3. The van der Waals surface area contributed by atoms with E-state index < -0.39 is 0 Å². The molecule has 0 nitrogen and oxygen atoms in total. The Morgan fingerprint density at radius 2 is 1.92 bits per heavy atom. The highest BCUT2D eigenvalue weighted by Crippen LogP contribution is 2.28. The molecule has 0 aliphatic carbocycles. The molecule has 0 aliphatic heterocycles. The maximum Gasteiger partial charge on any atom is 0.0384 e. The van der Waals surface area contributed by atoms with E-state index in [-0.39, 0.29) is 5.41 Å². The zero-order chi connectivity index (χ0) is 9.61. The number of halogens is 1. The molecule has 0 bridgehead atoms. The van der Waals surface area contributed by atoms with E-state index in [1.807, 2.05) is 6.08 Å².